The lowest BCUT2D eigenvalue weighted by Crippen LogP contribution is -2.09. The number of hydrogen-bond acceptors (Lipinski definition) is 4. The number of benzene rings is 2. The van der Waals surface area contributed by atoms with Crippen molar-refractivity contribution in [1.29, 1.82) is 0 Å². The normalized spacial score (nSPS) is 12.9. The van der Waals surface area contributed by atoms with Crippen LogP contribution < -0.4 is 0 Å². The Labute approximate surface area is 176 Å². The molecule has 3 rings (SSSR count). The molecule has 3 aromatic rings. The summed E-state index contributed by atoms with van der Waals surface area (Å²) in [5.41, 5.74) is 1.30. The summed E-state index contributed by atoms with van der Waals surface area (Å²) in [6, 6.07) is 7.87. The zero-order chi connectivity index (χ0) is 21.3. The monoisotopic (exact) mass is 460 g/mol. The van der Waals surface area contributed by atoms with Crippen LogP contribution in [0.3, 0.4) is 0 Å². The lowest BCUT2D eigenvalue weighted by atomic mass is 10.1. The first-order valence-corrected chi connectivity index (χ1v) is 11.0. The van der Waals surface area contributed by atoms with Gasteiger partial charge in [0.25, 0.3) is 0 Å². The Morgan fingerprint density at radius 2 is 1.86 bits per heavy atom. The second kappa shape index (κ2) is 8.39. The zero-order valence-corrected chi connectivity index (χ0v) is 17.7. The number of aromatic nitrogens is 2. The fourth-order valence-corrected chi connectivity index (χ4v) is 4.05. The van der Waals surface area contributed by atoms with Crippen molar-refractivity contribution in [3.63, 3.8) is 0 Å². The SMILES string of the molecule is Cc1[nH]c([C@@H](OCc2ccc(F)cc2Cl)c2ccc(F)c(Cl)c2)nc1S(C)(=O)=O. The van der Waals surface area contributed by atoms with Crippen LogP contribution in [0.4, 0.5) is 8.78 Å². The van der Waals surface area contributed by atoms with E-state index in [1.165, 1.54) is 30.3 Å². The molecule has 5 nitrogen and oxygen atoms in total. The highest BCUT2D eigenvalue weighted by atomic mass is 35.5. The number of imidazole rings is 1. The van der Waals surface area contributed by atoms with E-state index in [2.05, 4.69) is 9.97 Å². The van der Waals surface area contributed by atoms with Gasteiger partial charge in [-0.15, -0.1) is 0 Å². The first-order chi connectivity index (χ1) is 13.6. The van der Waals surface area contributed by atoms with Crippen molar-refractivity contribution < 1.29 is 21.9 Å². The van der Waals surface area contributed by atoms with Crippen molar-refractivity contribution in [1.82, 2.24) is 9.97 Å². The van der Waals surface area contributed by atoms with Crippen molar-refractivity contribution in [3.8, 4) is 0 Å². The molecule has 2 aromatic carbocycles. The lowest BCUT2D eigenvalue weighted by Gasteiger charge is -2.17. The van der Waals surface area contributed by atoms with E-state index in [-0.39, 0.29) is 27.5 Å². The number of H-pyrrole nitrogens is 1. The van der Waals surface area contributed by atoms with Crippen LogP contribution in [0.5, 0.6) is 0 Å². The molecule has 0 aliphatic carbocycles. The minimum Gasteiger partial charge on any atom is -0.361 e. The van der Waals surface area contributed by atoms with Gasteiger partial charge in [0.2, 0.25) is 0 Å². The standard InChI is InChI=1S/C19H16Cl2F2N2O3S/c1-10-19(29(2,26)27)25-18(24-10)17(11-4-6-16(23)15(21)7-11)28-9-12-3-5-13(22)8-14(12)20/h3-8,17H,9H2,1-2H3,(H,24,25)/t17-/m0/s1. The van der Waals surface area contributed by atoms with E-state index in [0.29, 0.717) is 16.8 Å². The van der Waals surface area contributed by atoms with Crippen LogP contribution in [0.15, 0.2) is 41.4 Å². The maximum atomic E-state index is 13.6. The number of nitrogens with zero attached hydrogens (tertiary/aromatic N) is 1. The maximum Gasteiger partial charge on any atom is 0.194 e. The third-order valence-electron chi connectivity index (χ3n) is 4.12. The fraction of sp³-hybridized carbons (Fsp3) is 0.211. The number of hydrogen-bond donors (Lipinski definition) is 1. The van der Waals surface area contributed by atoms with E-state index in [9.17, 15) is 17.2 Å². The fourth-order valence-electron chi connectivity index (χ4n) is 2.77. The van der Waals surface area contributed by atoms with Crippen molar-refractivity contribution in [2.75, 3.05) is 6.26 Å². The molecule has 0 bridgehead atoms. The second-order valence-electron chi connectivity index (χ2n) is 6.42. The molecule has 0 saturated heterocycles. The summed E-state index contributed by atoms with van der Waals surface area (Å²) in [4.78, 5) is 7.06. The Morgan fingerprint density at radius 1 is 1.14 bits per heavy atom. The Hall–Kier alpha value is -2.00. The van der Waals surface area contributed by atoms with Crippen molar-refractivity contribution >= 4 is 33.0 Å². The molecule has 0 aliphatic rings. The molecule has 10 heteroatoms. The molecular weight excluding hydrogens is 445 g/mol. The highest BCUT2D eigenvalue weighted by Gasteiger charge is 2.25. The van der Waals surface area contributed by atoms with E-state index < -0.39 is 27.6 Å². The predicted octanol–water partition coefficient (Wildman–Crippen LogP) is 5.01. The smallest absolute Gasteiger partial charge is 0.194 e. The van der Waals surface area contributed by atoms with Gasteiger partial charge in [-0.05, 0) is 42.3 Å². The third kappa shape index (κ3) is 4.95. The van der Waals surface area contributed by atoms with E-state index in [1.54, 1.807) is 6.92 Å². The van der Waals surface area contributed by atoms with Gasteiger partial charge in [0, 0.05) is 11.3 Å². The maximum absolute atomic E-state index is 13.6. The molecular formula is C19H16Cl2F2N2O3S. The zero-order valence-electron chi connectivity index (χ0n) is 15.3. The molecule has 1 N–H and O–H groups in total. The Morgan fingerprint density at radius 3 is 2.45 bits per heavy atom. The van der Waals surface area contributed by atoms with Crippen LogP contribution in [0.25, 0.3) is 0 Å². The van der Waals surface area contributed by atoms with E-state index >= 15 is 0 Å². The van der Waals surface area contributed by atoms with Gasteiger partial charge in [-0.2, -0.15) is 0 Å². The summed E-state index contributed by atoms with van der Waals surface area (Å²) >= 11 is 11.9. The van der Waals surface area contributed by atoms with Gasteiger partial charge >= 0.3 is 0 Å². The average molecular weight is 461 g/mol. The molecule has 0 spiro atoms. The van der Waals surface area contributed by atoms with Gasteiger partial charge in [0.1, 0.15) is 23.6 Å². The number of halogens is 4. The summed E-state index contributed by atoms with van der Waals surface area (Å²) < 4.78 is 56.7. The molecule has 0 amide bonds. The topological polar surface area (TPSA) is 72.0 Å². The van der Waals surface area contributed by atoms with Crippen LogP contribution >= 0.6 is 23.2 Å². The van der Waals surface area contributed by atoms with Gasteiger partial charge in [-0.25, -0.2) is 22.2 Å². The van der Waals surface area contributed by atoms with E-state index in [4.69, 9.17) is 27.9 Å². The minimum absolute atomic E-state index is 0.0350. The van der Waals surface area contributed by atoms with Crippen LogP contribution in [0.1, 0.15) is 28.7 Å². The Balaban J connectivity index is 2.01. The first kappa shape index (κ1) is 21.7. The van der Waals surface area contributed by atoms with Crippen molar-refractivity contribution in [3.05, 3.63) is 80.7 Å². The molecule has 0 radical (unpaired) electrons. The first-order valence-electron chi connectivity index (χ1n) is 8.33. The summed E-state index contributed by atoms with van der Waals surface area (Å²) in [6.45, 7) is 1.53. The van der Waals surface area contributed by atoms with Gasteiger partial charge in [0.05, 0.1) is 17.3 Å². The number of aromatic amines is 1. The van der Waals surface area contributed by atoms with E-state index in [1.807, 2.05) is 0 Å². The van der Waals surface area contributed by atoms with Gasteiger partial charge in [0.15, 0.2) is 14.9 Å². The summed E-state index contributed by atoms with van der Waals surface area (Å²) in [6.07, 6.45) is 0.145. The van der Waals surface area contributed by atoms with Crippen LogP contribution in [0.2, 0.25) is 10.0 Å². The minimum atomic E-state index is -3.57. The number of ether oxygens (including phenoxy) is 1. The molecule has 1 atom stereocenters. The second-order valence-corrected chi connectivity index (χ2v) is 9.17. The average Bonchev–Trinajstić information content (AvgIpc) is 3.01. The van der Waals surface area contributed by atoms with Crippen LogP contribution in [-0.2, 0) is 21.2 Å². The Kier molecular flexibility index (Phi) is 6.28. The molecule has 0 unspecified atom stereocenters. The number of sulfone groups is 1. The van der Waals surface area contributed by atoms with Crippen LogP contribution in [0, 0.1) is 18.6 Å². The number of nitrogens with one attached hydrogen (secondary N) is 1. The molecule has 1 heterocycles. The largest absolute Gasteiger partial charge is 0.361 e. The summed E-state index contributed by atoms with van der Waals surface area (Å²) in [5, 5.41) is -0.0648. The predicted molar refractivity (Wildman–Crippen MR) is 106 cm³/mol. The molecule has 0 aliphatic heterocycles. The van der Waals surface area contributed by atoms with E-state index in [0.717, 1.165) is 12.3 Å². The van der Waals surface area contributed by atoms with Gasteiger partial charge in [-0.3, -0.25) is 0 Å². The number of aryl methyl sites for hydroxylation is 1. The summed E-state index contributed by atoms with van der Waals surface area (Å²) in [7, 11) is -3.57. The summed E-state index contributed by atoms with van der Waals surface area (Å²) in [5.74, 6) is -0.896. The van der Waals surface area contributed by atoms with Gasteiger partial charge < -0.3 is 9.72 Å². The lowest BCUT2D eigenvalue weighted by molar-refractivity contribution is 0.0613. The highest BCUT2D eigenvalue weighted by molar-refractivity contribution is 7.90. The molecule has 29 heavy (non-hydrogen) atoms. The quantitative estimate of drug-likeness (QED) is 0.560. The molecule has 0 saturated carbocycles. The third-order valence-corrected chi connectivity index (χ3v) is 5.87. The van der Waals surface area contributed by atoms with Crippen LogP contribution in [-0.4, -0.2) is 24.6 Å². The number of rotatable bonds is 6. The molecule has 0 fully saturated rings. The van der Waals surface area contributed by atoms with Gasteiger partial charge in [-0.1, -0.05) is 35.3 Å². The van der Waals surface area contributed by atoms with Crippen molar-refractivity contribution in [2.45, 2.75) is 24.7 Å². The van der Waals surface area contributed by atoms with Crippen molar-refractivity contribution in [2.24, 2.45) is 0 Å². The highest BCUT2D eigenvalue weighted by Crippen LogP contribution is 2.31. The Bertz CT molecular complexity index is 1170. The molecule has 1 aromatic heterocycles. The molecule has 154 valence electrons.